The predicted molar refractivity (Wildman–Crippen MR) is 94.0 cm³/mol. The van der Waals surface area contributed by atoms with E-state index in [1.54, 1.807) is 13.8 Å². The van der Waals surface area contributed by atoms with Crippen molar-refractivity contribution < 1.29 is 19.4 Å². The molecule has 128 valence electrons. The summed E-state index contributed by atoms with van der Waals surface area (Å²) in [4.78, 5) is 25.7. The SMILES string of the molecule is COC(=O)N(C(C(=O)O)=C(C)C)C1c2ccccc2-c2ccccc21. The van der Waals surface area contributed by atoms with Crippen LogP contribution < -0.4 is 0 Å². The number of nitrogens with zero attached hydrogens (tertiary/aromatic N) is 1. The number of benzene rings is 2. The fourth-order valence-electron chi connectivity index (χ4n) is 3.39. The smallest absolute Gasteiger partial charge is 0.415 e. The highest BCUT2D eigenvalue weighted by molar-refractivity contribution is 5.93. The van der Waals surface area contributed by atoms with E-state index in [9.17, 15) is 14.7 Å². The second-order valence-electron chi connectivity index (χ2n) is 6.07. The maximum atomic E-state index is 12.6. The van der Waals surface area contributed by atoms with Gasteiger partial charge in [0.25, 0.3) is 0 Å². The number of rotatable bonds is 3. The first-order valence-electron chi connectivity index (χ1n) is 7.93. The van der Waals surface area contributed by atoms with Crippen molar-refractivity contribution in [2.75, 3.05) is 7.11 Å². The average Bonchev–Trinajstić information content (AvgIpc) is 2.92. The molecule has 0 spiro atoms. The van der Waals surface area contributed by atoms with Gasteiger partial charge in [0, 0.05) is 0 Å². The molecule has 1 N–H and O–H groups in total. The molecule has 0 fully saturated rings. The van der Waals surface area contributed by atoms with Crippen LogP contribution in [0.3, 0.4) is 0 Å². The van der Waals surface area contributed by atoms with Crippen molar-refractivity contribution in [2.24, 2.45) is 0 Å². The Morgan fingerprint density at radius 3 is 1.84 bits per heavy atom. The number of aliphatic carboxylic acids is 1. The van der Waals surface area contributed by atoms with Gasteiger partial charge in [-0.3, -0.25) is 4.90 Å². The van der Waals surface area contributed by atoms with E-state index in [1.807, 2.05) is 48.5 Å². The summed E-state index contributed by atoms with van der Waals surface area (Å²) >= 11 is 0. The highest BCUT2D eigenvalue weighted by Gasteiger charge is 2.39. The number of amides is 1. The van der Waals surface area contributed by atoms with Crippen LogP contribution in [0.1, 0.15) is 31.0 Å². The van der Waals surface area contributed by atoms with Crippen molar-refractivity contribution in [1.29, 1.82) is 0 Å². The van der Waals surface area contributed by atoms with E-state index >= 15 is 0 Å². The number of fused-ring (bicyclic) bond motifs is 3. The molecule has 2 aromatic carbocycles. The maximum Gasteiger partial charge on any atom is 0.415 e. The molecule has 5 nitrogen and oxygen atoms in total. The van der Waals surface area contributed by atoms with Crippen LogP contribution in [0.5, 0.6) is 0 Å². The highest BCUT2D eigenvalue weighted by atomic mass is 16.5. The minimum atomic E-state index is -1.16. The summed E-state index contributed by atoms with van der Waals surface area (Å²) in [7, 11) is 1.26. The molecule has 1 aliphatic carbocycles. The summed E-state index contributed by atoms with van der Waals surface area (Å²) in [5, 5.41) is 9.71. The van der Waals surface area contributed by atoms with Crippen molar-refractivity contribution in [3.05, 3.63) is 70.9 Å². The van der Waals surface area contributed by atoms with Crippen LogP contribution >= 0.6 is 0 Å². The van der Waals surface area contributed by atoms with Gasteiger partial charge in [0.05, 0.1) is 13.2 Å². The number of methoxy groups -OCH3 is 1. The predicted octanol–water partition coefficient (Wildman–Crippen LogP) is 4.20. The molecule has 1 aliphatic rings. The van der Waals surface area contributed by atoms with Gasteiger partial charge < -0.3 is 9.84 Å². The molecule has 0 radical (unpaired) electrons. The number of carbonyl (C=O) groups excluding carboxylic acids is 1. The van der Waals surface area contributed by atoms with Crippen LogP contribution in [-0.4, -0.2) is 29.2 Å². The second kappa shape index (κ2) is 6.43. The molecule has 0 aliphatic heterocycles. The topological polar surface area (TPSA) is 66.8 Å². The molecule has 25 heavy (non-hydrogen) atoms. The summed E-state index contributed by atoms with van der Waals surface area (Å²) in [5.41, 5.74) is 4.22. The van der Waals surface area contributed by atoms with Crippen molar-refractivity contribution in [1.82, 2.24) is 4.90 Å². The van der Waals surface area contributed by atoms with Crippen molar-refractivity contribution in [2.45, 2.75) is 19.9 Å². The van der Waals surface area contributed by atoms with E-state index in [-0.39, 0.29) is 5.70 Å². The molecule has 0 atom stereocenters. The van der Waals surface area contributed by atoms with Crippen LogP contribution in [0, 0.1) is 0 Å². The monoisotopic (exact) mass is 337 g/mol. The second-order valence-corrected chi connectivity index (χ2v) is 6.07. The lowest BCUT2D eigenvalue weighted by Gasteiger charge is -2.30. The number of carboxylic acids is 1. The van der Waals surface area contributed by atoms with Gasteiger partial charge in [0.2, 0.25) is 0 Å². The largest absolute Gasteiger partial charge is 0.477 e. The van der Waals surface area contributed by atoms with Gasteiger partial charge >= 0.3 is 12.1 Å². The van der Waals surface area contributed by atoms with Crippen molar-refractivity contribution in [3.8, 4) is 11.1 Å². The Labute approximate surface area is 146 Å². The molecule has 0 saturated heterocycles. The van der Waals surface area contributed by atoms with Gasteiger partial charge in [-0.1, -0.05) is 48.5 Å². The Morgan fingerprint density at radius 1 is 0.960 bits per heavy atom. The van der Waals surface area contributed by atoms with E-state index in [1.165, 1.54) is 12.0 Å². The van der Waals surface area contributed by atoms with E-state index in [4.69, 9.17) is 4.74 Å². The zero-order valence-electron chi connectivity index (χ0n) is 14.3. The Balaban J connectivity index is 2.29. The molecule has 0 bridgehead atoms. The number of allylic oxidation sites excluding steroid dienone is 1. The first-order chi connectivity index (χ1) is 12.0. The van der Waals surface area contributed by atoms with Crippen LogP contribution in [0.15, 0.2) is 59.8 Å². The fourth-order valence-corrected chi connectivity index (χ4v) is 3.39. The molecule has 0 unspecified atom stereocenters. The summed E-state index contributed by atoms with van der Waals surface area (Å²) in [5.74, 6) is -1.16. The Morgan fingerprint density at radius 2 is 1.44 bits per heavy atom. The minimum absolute atomic E-state index is 0.0663. The van der Waals surface area contributed by atoms with Crippen LogP contribution in [0.4, 0.5) is 4.79 Å². The minimum Gasteiger partial charge on any atom is -0.477 e. The molecular weight excluding hydrogens is 318 g/mol. The molecule has 0 aromatic heterocycles. The Kier molecular flexibility index (Phi) is 4.31. The number of hydrogen-bond donors (Lipinski definition) is 1. The number of hydrogen-bond acceptors (Lipinski definition) is 3. The lowest BCUT2D eigenvalue weighted by Crippen LogP contribution is -2.37. The Hall–Kier alpha value is -3.08. The standard InChI is InChI=1S/C20H19NO4/c1-12(2)17(19(22)23)21(20(24)25-3)18-15-10-6-4-8-13(15)14-9-5-7-11-16(14)18/h4-11,18H,1-3H3,(H,22,23). The third-order valence-corrected chi connectivity index (χ3v) is 4.35. The van der Waals surface area contributed by atoms with E-state index < -0.39 is 18.1 Å². The van der Waals surface area contributed by atoms with Gasteiger partial charge in [0.1, 0.15) is 5.70 Å². The van der Waals surface area contributed by atoms with Gasteiger partial charge in [-0.2, -0.15) is 0 Å². The van der Waals surface area contributed by atoms with Crippen LogP contribution in [-0.2, 0) is 9.53 Å². The molecule has 2 aromatic rings. The zero-order chi connectivity index (χ0) is 18.1. The summed E-state index contributed by atoms with van der Waals surface area (Å²) < 4.78 is 4.93. The molecule has 5 heteroatoms. The van der Waals surface area contributed by atoms with Crippen molar-refractivity contribution in [3.63, 3.8) is 0 Å². The summed E-state index contributed by atoms with van der Waals surface area (Å²) in [6.07, 6.45) is -0.699. The molecule has 3 rings (SSSR count). The van der Waals surface area contributed by atoms with Gasteiger partial charge in [-0.25, -0.2) is 9.59 Å². The first kappa shape index (κ1) is 16.8. The zero-order valence-corrected chi connectivity index (χ0v) is 14.3. The average molecular weight is 337 g/mol. The molecule has 0 heterocycles. The van der Waals surface area contributed by atoms with Crippen molar-refractivity contribution >= 4 is 12.1 Å². The van der Waals surface area contributed by atoms with E-state index in [2.05, 4.69) is 0 Å². The third-order valence-electron chi connectivity index (χ3n) is 4.35. The van der Waals surface area contributed by atoms with E-state index in [0.717, 1.165) is 22.3 Å². The third kappa shape index (κ3) is 2.67. The Bertz CT molecular complexity index is 835. The van der Waals surface area contributed by atoms with Crippen LogP contribution in [0.2, 0.25) is 0 Å². The lowest BCUT2D eigenvalue weighted by atomic mass is 10.0. The number of ether oxygens (including phenoxy) is 1. The lowest BCUT2D eigenvalue weighted by molar-refractivity contribution is -0.134. The van der Waals surface area contributed by atoms with Gasteiger partial charge in [-0.05, 0) is 41.7 Å². The summed E-state index contributed by atoms with van der Waals surface area (Å²) in [6, 6.07) is 14.9. The first-order valence-corrected chi connectivity index (χ1v) is 7.93. The highest BCUT2D eigenvalue weighted by Crippen LogP contribution is 2.47. The molecular formula is C20H19NO4. The van der Waals surface area contributed by atoms with E-state index in [0.29, 0.717) is 5.57 Å². The fraction of sp³-hybridized carbons (Fsp3) is 0.200. The van der Waals surface area contributed by atoms with Crippen LogP contribution in [0.25, 0.3) is 11.1 Å². The maximum absolute atomic E-state index is 12.6. The van der Waals surface area contributed by atoms with Gasteiger partial charge in [0.15, 0.2) is 0 Å². The quantitative estimate of drug-likeness (QED) is 0.852. The molecule has 1 amide bonds. The van der Waals surface area contributed by atoms with Gasteiger partial charge in [-0.15, -0.1) is 0 Å². The number of carboxylic acid groups (broad SMARTS) is 1. The number of carbonyl (C=O) groups is 2. The molecule has 0 saturated carbocycles. The summed E-state index contributed by atoms with van der Waals surface area (Å²) in [6.45, 7) is 3.35. The normalized spacial score (nSPS) is 12.1.